The Kier molecular flexibility index (Phi) is 6.09. The van der Waals surface area contributed by atoms with Crippen molar-refractivity contribution in [2.24, 2.45) is 0 Å². The zero-order chi connectivity index (χ0) is 22.0. The topological polar surface area (TPSA) is 98.5 Å². The van der Waals surface area contributed by atoms with Gasteiger partial charge in [0.25, 0.3) is 5.91 Å². The predicted molar refractivity (Wildman–Crippen MR) is 106 cm³/mol. The van der Waals surface area contributed by atoms with Gasteiger partial charge in [-0.2, -0.15) is 0 Å². The summed E-state index contributed by atoms with van der Waals surface area (Å²) in [6.07, 6.45) is 0. The number of esters is 1. The number of anilines is 1. The number of hydrogen-bond donors (Lipinski definition) is 1. The number of benzene rings is 2. The molecule has 3 aromatic rings. The summed E-state index contributed by atoms with van der Waals surface area (Å²) in [5.41, 5.74) is -0.119. The molecule has 1 heterocycles. The first-order chi connectivity index (χ1) is 14.2. The second kappa shape index (κ2) is 8.56. The monoisotopic (exact) mass is 452 g/mol. The van der Waals surface area contributed by atoms with Gasteiger partial charge in [0.15, 0.2) is 0 Å². The molecule has 154 valence electrons. The highest BCUT2D eigenvalue weighted by atomic mass is 35.5. The van der Waals surface area contributed by atoms with Crippen molar-refractivity contribution in [3.63, 3.8) is 0 Å². The average molecular weight is 453 g/mol. The number of rotatable bonds is 5. The van der Waals surface area contributed by atoms with E-state index in [-0.39, 0.29) is 20.5 Å². The fourth-order valence-electron chi connectivity index (χ4n) is 2.47. The lowest BCUT2D eigenvalue weighted by molar-refractivity contribution is -0.385. The van der Waals surface area contributed by atoms with Crippen LogP contribution in [0.2, 0.25) is 5.02 Å². The van der Waals surface area contributed by atoms with Crippen LogP contribution >= 0.6 is 22.9 Å². The van der Waals surface area contributed by atoms with Gasteiger partial charge in [0, 0.05) is 12.1 Å². The van der Waals surface area contributed by atoms with Gasteiger partial charge in [-0.05, 0) is 42.8 Å². The minimum atomic E-state index is -0.952. The molecule has 2 aromatic carbocycles. The molecule has 0 saturated heterocycles. The van der Waals surface area contributed by atoms with Crippen molar-refractivity contribution in [3.8, 4) is 5.75 Å². The number of carbonyl (C=O) groups excluding carboxylic acids is 2. The van der Waals surface area contributed by atoms with Crippen LogP contribution in [0.5, 0.6) is 5.75 Å². The fourth-order valence-corrected chi connectivity index (χ4v) is 3.66. The minimum absolute atomic E-state index is 0.0311. The van der Waals surface area contributed by atoms with Gasteiger partial charge in [-0.15, -0.1) is 11.3 Å². The number of nitro benzene ring substituents is 1. The number of thiophene rings is 1. The molecule has 11 heteroatoms. The highest BCUT2D eigenvalue weighted by Gasteiger charge is 2.23. The van der Waals surface area contributed by atoms with Crippen LogP contribution in [0.25, 0.3) is 0 Å². The summed E-state index contributed by atoms with van der Waals surface area (Å²) in [5.74, 6) is -3.52. The van der Waals surface area contributed by atoms with Crippen LogP contribution in [0.4, 0.5) is 19.5 Å². The Morgan fingerprint density at radius 2 is 1.80 bits per heavy atom. The molecule has 1 amide bonds. The Hall–Kier alpha value is -3.37. The van der Waals surface area contributed by atoms with E-state index in [9.17, 15) is 28.5 Å². The first kappa shape index (κ1) is 21.3. The number of halogens is 3. The number of aryl methyl sites for hydroxylation is 1. The molecule has 0 fully saturated rings. The van der Waals surface area contributed by atoms with Crippen LogP contribution in [0, 0.1) is 28.7 Å². The zero-order valence-corrected chi connectivity index (χ0v) is 16.6. The standard InChI is InChI=1S/C19H11ClF2N2O5S/c1-9-6-16(23-18(25)12-4-2-10(21)7-13(12)20)30-17(9)19(26)29-15-8-11(22)3-5-14(15)24(27)28/h2-8H,1H3,(H,23,25). The van der Waals surface area contributed by atoms with Crippen molar-refractivity contribution in [2.45, 2.75) is 6.92 Å². The lowest BCUT2D eigenvalue weighted by Crippen LogP contribution is -2.11. The van der Waals surface area contributed by atoms with E-state index in [0.29, 0.717) is 5.56 Å². The van der Waals surface area contributed by atoms with Gasteiger partial charge in [-0.1, -0.05) is 11.6 Å². The largest absolute Gasteiger partial charge is 0.415 e. The molecule has 0 bridgehead atoms. The summed E-state index contributed by atoms with van der Waals surface area (Å²) in [7, 11) is 0. The maximum Gasteiger partial charge on any atom is 0.354 e. The normalized spacial score (nSPS) is 10.5. The summed E-state index contributed by atoms with van der Waals surface area (Å²) in [4.78, 5) is 35.1. The van der Waals surface area contributed by atoms with Gasteiger partial charge in [-0.25, -0.2) is 13.6 Å². The Labute approximate surface area is 177 Å². The van der Waals surface area contributed by atoms with E-state index < -0.39 is 39.9 Å². The molecule has 0 aliphatic rings. The number of nitrogens with zero attached hydrogens (tertiary/aromatic N) is 1. The van der Waals surface area contributed by atoms with Gasteiger partial charge in [0.1, 0.15) is 16.5 Å². The van der Waals surface area contributed by atoms with Crippen LogP contribution in [0.3, 0.4) is 0 Å². The number of ether oxygens (including phenoxy) is 1. The Morgan fingerprint density at radius 3 is 2.47 bits per heavy atom. The Bertz CT molecular complexity index is 1180. The molecule has 0 saturated carbocycles. The zero-order valence-electron chi connectivity index (χ0n) is 15.1. The van der Waals surface area contributed by atoms with E-state index in [1.165, 1.54) is 12.1 Å². The molecule has 0 aliphatic carbocycles. The summed E-state index contributed by atoms with van der Waals surface area (Å²) < 4.78 is 31.6. The third kappa shape index (κ3) is 4.61. The highest BCUT2D eigenvalue weighted by molar-refractivity contribution is 7.18. The quantitative estimate of drug-likeness (QED) is 0.243. The predicted octanol–water partition coefficient (Wildman–Crippen LogP) is 5.37. The van der Waals surface area contributed by atoms with Gasteiger partial charge >= 0.3 is 11.7 Å². The summed E-state index contributed by atoms with van der Waals surface area (Å²) in [5, 5.41) is 13.8. The molecule has 0 spiro atoms. The minimum Gasteiger partial charge on any atom is -0.415 e. The third-order valence-corrected chi connectivity index (χ3v) is 5.28. The Morgan fingerprint density at radius 1 is 1.13 bits per heavy atom. The van der Waals surface area contributed by atoms with E-state index in [4.69, 9.17) is 16.3 Å². The first-order valence-electron chi connectivity index (χ1n) is 8.18. The number of nitrogens with one attached hydrogen (secondary N) is 1. The van der Waals surface area contributed by atoms with Crippen molar-refractivity contribution in [1.29, 1.82) is 0 Å². The summed E-state index contributed by atoms with van der Waals surface area (Å²) in [6.45, 7) is 1.56. The molecule has 1 N–H and O–H groups in total. The number of nitro groups is 1. The second-order valence-corrected chi connectivity index (χ2v) is 7.42. The van der Waals surface area contributed by atoms with E-state index in [0.717, 1.165) is 41.7 Å². The average Bonchev–Trinajstić information content (AvgIpc) is 3.01. The molecule has 0 unspecified atom stereocenters. The van der Waals surface area contributed by atoms with Crippen molar-refractivity contribution in [2.75, 3.05) is 5.32 Å². The van der Waals surface area contributed by atoms with Crippen LogP contribution in [-0.4, -0.2) is 16.8 Å². The van der Waals surface area contributed by atoms with Gasteiger partial charge in [-0.3, -0.25) is 14.9 Å². The maximum absolute atomic E-state index is 13.4. The molecule has 7 nitrogen and oxygen atoms in total. The van der Waals surface area contributed by atoms with Gasteiger partial charge in [0.2, 0.25) is 5.75 Å². The lowest BCUT2D eigenvalue weighted by Gasteiger charge is -2.05. The number of amides is 1. The fraction of sp³-hybridized carbons (Fsp3) is 0.0526. The van der Waals surface area contributed by atoms with E-state index in [1.807, 2.05) is 0 Å². The van der Waals surface area contributed by atoms with Crippen LogP contribution < -0.4 is 10.1 Å². The summed E-state index contributed by atoms with van der Waals surface area (Å²) in [6, 6.07) is 7.26. The van der Waals surface area contributed by atoms with Crippen LogP contribution in [0.15, 0.2) is 42.5 Å². The summed E-state index contributed by atoms with van der Waals surface area (Å²) >= 11 is 6.71. The van der Waals surface area contributed by atoms with Gasteiger partial charge < -0.3 is 10.1 Å². The molecule has 1 aromatic heterocycles. The molecule has 0 aliphatic heterocycles. The van der Waals surface area contributed by atoms with E-state index in [2.05, 4.69) is 5.32 Å². The molecular weight excluding hydrogens is 442 g/mol. The Balaban J connectivity index is 1.81. The lowest BCUT2D eigenvalue weighted by atomic mass is 10.2. The second-order valence-electron chi connectivity index (χ2n) is 5.96. The van der Waals surface area contributed by atoms with Gasteiger partial charge in [0.05, 0.1) is 20.5 Å². The highest BCUT2D eigenvalue weighted by Crippen LogP contribution is 2.32. The van der Waals surface area contributed by atoms with Crippen molar-refractivity contribution in [3.05, 3.63) is 85.2 Å². The van der Waals surface area contributed by atoms with Crippen LogP contribution in [-0.2, 0) is 0 Å². The molecule has 3 rings (SSSR count). The van der Waals surface area contributed by atoms with Crippen molar-refractivity contribution in [1.82, 2.24) is 0 Å². The van der Waals surface area contributed by atoms with E-state index in [1.54, 1.807) is 6.92 Å². The SMILES string of the molecule is Cc1cc(NC(=O)c2ccc(F)cc2Cl)sc1C(=O)Oc1cc(F)ccc1[N+](=O)[O-]. The van der Waals surface area contributed by atoms with Crippen LogP contribution in [0.1, 0.15) is 25.6 Å². The first-order valence-corrected chi connectivity index (χ1v) is 9.38. The number of hydrogen-bond acceptors (Lipinski definition) is 6. The molecule has 0 atom stereocenters. The van der Waals surface area contributed by atoms with E-state index >= 15 is 0 Å². The molecule has 0 radical (unpaired) electrons. The smallest absolute Gasteiger partial charge is 0.354 e. The van der Waals surface area contributed by atoms with Crippen molar-refractivity contribution < 1.29 is 28.0 Å². The van der Waals surface area contributed by atoms with Crippen molar-refractivity contribution >= 4 is 45.5 Å². The third-order valence-electron chi connectivity index (χ3n) is 3.84. The molecular formula is C19H11ClF2N2O5S. The molecule has 30 heavy (non-hydrogen) atoms. The maximum atomic E-state index is 13.4. The number of carbonyl (C=O) groups is 2.